The Hall–Kier alpha value is -2.69. The second-order valence-electron chi connectivity index (χ2n) is 6.73. The van der Waals surface area contributed by atoms with Crippen LogP contribution in [0.25, 0.3) is 11.1 Å². The number of benzene rings is 2. The van der Waals surface area contributed by atoms with Gasteiger partial charge in [-0.2, -0.15) is 0 Å². The average molecular weight is 361 g/mol. The third-order valence-corrected chi connectivity index (χ3v) is 4.77. The Bertz CT molecular complexity index is 932. The molecule has 4 nitrogen and oxygen atoms in total. The average Bonchev–Trinajstić information content (AvgIpc) is 3.22. The second kappa shape index (κ2) is 7.91. The summed E-state index contributed by atoms with van der Waals surface area (Å²) in [5.74, 6) is 0.787. The maximum atomic E-state index is 6.10. The first-order valence-corrected chi connectivity index (χ1v) is 9.18. The first kappa shape index (κ1) is 17.7. The molecule has 0 atom stereocenters. The highest BCUT2D eigenvalue weighted by atomic mass is 16.7. The van der Waals surface area contributed by atoms with Gasteiger partial charge in [0.2, 0.25) is 0 Å². The van der Waals surface area contributed by atoms with E-state index in [0.29, 0.717) is 19.8 Å². The van der Waals surface area contributed by atoms with E-state index < -0.39 is 0 Å². The highest BCUT2D eigenvalue weighted by molar-refractivity contribution is 5.69. The van der Waals surface area contributed by atoms with Crippen LogP contribution in [-0.4, -0.2) is 18.2 Å². The minimum atomic E-state index is -0.340. The largest absolute Gasteiger partial charge is 0.487 e. The minimum absolute atomic E-state index is 0.340. The van der Waals surface area contributed by atoms with Crippen LogP contribution in [0.2, 0.25) is 0 Å². The summed E-state index contributed by atoms with van der Waals surface area (Å²) < 4.78 is 17.5. The van der Waals surface area contributed by atoms with Crippen LogP contribution < -0.4 is 4.74 Å². The zero-order valence-electron chi connectivity index (χ0n) is 15.6. The summed E-state index contributed by atoms with van der Waals surface area (Å²) >= 11 is 0. The summed E-state index contributed by atoms with van der Waals surface area (Å²) in [6, 6.07) is 18.5. The van der Waals surface area contributed by atoms with Crippen LogP contribution in [0.5, 0.6) is 5.75 Å². The Kier molecular flexibility index (Phi) is 5.19. The van der Waals surface area contributed by atoms with Crippen molar-refractivity contribution in [3.8, 4) is 16.9 Å². The minimum Gasteiger partial charge on any atom is -0.487 e. The highest BCUT2D eigenvalue weighted by Crippen LogP contribution is 2.33. The SMILES string of the molecule is Cc1ccccc1-c1cc(OCc2ncccc2C)cc(C2OCCO2)c1. The fraction of sp³-hybridized carbons (Fsp3) is 0.261. The van der Waals surface area contributed by atoms with Gasteiger partial charge in [0, 0.05) is 11.8 Å². The van der Waals surface area contributed by atoms with Gasteiger partial charge in [-0.15, -0.1) is 0 Å². The predicted octanol–water partition coefficient (Wildman–Crippen LogP) is 4.99. The van der Waals surface area contributed by atoms with Crippen molar-refractivity contribution in [2.24, 2.45) is 0 Å². The van der Waals surface area contributed by atoms with E-state index in [2.05, 4.69) is 42.2 Å². The molecule has 0 amide bonds. The Balaban J connectivity index is 1.67. The van der Waals surface area contributed by atoms with Crippen molar-refractivity contribution in [3.63, 3.8) is 0 Å². The van der Waals surface area contributed by atoms with Gasteiger partial charge >= 0.3 is 0 Å². The normalized spacial score (nSPS) is 14.4. The molecule has 2 heterocycles. The molecule has 0 aliphatic carbocycles. The lowest BCUT2D eigenvalue weighted by Crippen LogP contribution is -2.03. The molecule has 138 valence electrons. The number of pyridine rings is 1. The van der Waals surface area contributed by atoms with E-state index in [1.807, 2.05) is 31.2 Å². The molecule has 1 aliphatic heterocycles. The molecule has 3 aromatic rings. The van der Waals surface area contributed by atoms with E-state index in [4.69, 9.17) is 14.2 Å². The molecule has 4 rings (SSSR count). The summed E-state index contributed by atoms with van der Waals surface area (Å²) in [5, 5.41) is 0. The lowest BCUT2D eigenvalue weighted by Gasteiger charge is -2.16. The van der Waals surface area contributed by atoms with Crippen molar-refractivity contribution in [1.82, 2.24) is 4.98 Å². The number of aryl methyl sites for hydroxylation is 2. The molecule has 0 N–H and O–H groups in total. The monoisotopic (exact) mass is 361 g/mol. The van der Waals surface area contributed by atoms with Gasteiger partial charge in [-0.1, -0.05) is 30.3 Å². The lowest BCUT2D eigenvalue weighted by molar-refractivity contribution is -0.0442. The smallest absolute Gasteiger partial charge is 0.184 e. The van der Waals surface area contributed by atoms with Crippen LogP contribution in [0.15, 0.2) is 60.8 Å². The quantitative estimate of drug-likeness (QED) is 0.642. The van der Waals surface area contributed by atoms with Crippen molar-refractivity contribution >= 4 is 0 Å². The Labute approximate surface area is 159 Å². The Morgan fingerprint density at radius 2 is 1.74 bits per heavy atom. The standard InChI is InChI=1S/C23H23NO3/c1-16-6-3-4-8-21(16)18-12-19(23-25-10-11-26-23)14-20(13-18)27-15-22-17(2)7-5-9-24-22/h3-9,12-14,23H,10-11,15H2,1-2H3. The highest BCUT2D eigenvalue weighted by Gasteiger charge is 2.20. The molecule has 2 aromatic carbocycles. The van der Waals surface area contributed by atoms with Gasteiger partial charge in [0.25, 0.3) is 0 Å². The van der Waals surface area contributed by atoms with E-state index in [0.717, 1.165) is 28.1 Å². The van der Waals surface area contributed by atoms with Crippen molar-refractivity contribution in [1.29, 1.82) is 0 Å². The van der Waals surface area contributed by atoms with Gasteiger partial charge in [-0.3, -0.25) is 4.98 Å². The summed E-state index contributed by atoms with van der Waals surface area (Å²) in [7, 11) is 0. The number of hydrogen-bond donors (Lipinski definition) is 0. The fourth-order valence-electron chi connectivity index (χ4n) is 3.27. The van der Waals surface area contributed by atoms with Crippen molar-refractivity contribution in [2.75, 3.05) is 13.2 Å². The molecule has 0 bridgehead atoms. The number of rotatable bonds is 5. The van der Waals surface area contributed by atoms with E-state index in [1.165, 1.54) is 11.1 Å². The van der Waals surface area contributed by atoms with Gasteiger partial charge in [0.1, 0.15) is 12.4 Å². The van der Waals surface area contributed by atoms with Crippen molar-refractivity contribution in [3.05, 3.63) is 83.2 Å². The molecule has 0 spiro atoms. The summed E-state index contributed by atoms with van der Waals surface area (Å²) in [6.07, 6.45) is 1.45. The van der Waals surface area contributed by atoms with E-state index >= 15 is 0 Å². The zero-order valence-corrected chi connectivity index (χ0v) is 15.6. The molecule has 1 saturated heterocycles. The van der Waals surface area contributed by atoms with Crippen LogP contribution in [0, 0.1) is 13.8 Å². The molecule has 1 aliphatic rings. The maximum Gasteiger partial charge on any atom is 0.184 e. The zero-order chi connectivity index (χ0) is 18.6. The van der Waals surface area contributed by atoms with Crippen molar-refractivity contribution in [2.45, 2.75) is 26.7 Å². The van der Waals surface area contributed by atoms with Crippen molar-refractivity contribution < 1.29 is 14.2 Å². The van der Waals surface area contributed by atoms with Crippen LogP contribution in [0.4, 0.5) is 0 Å². The summed E-state index contributed by atoms with van der Waals surface area (Å²) in [5.41, 5.74) is 6.52. The molecule has 1 fully saturated rings. The van der Waals surface area contributed by atoms with Gasteiger partial charge < -0.3 is 14.2 Å². The molecule has 0 radical (unpaired) electrons. The third-order valence-electron chi connectivity index (χ3n) is 4.77. The summed E-state index contributed by atoms with van der Waals surface area (Å²) in [4.78, 5) is 4.41. The first-order chi connectivity index (χ1) is 13.2. The topological polar surface area (TPSA) is 40.6 Å². The van der Waals surface area contributed by atoms with Crippen LogP contribution in [0.1, 0.15) is 28.7 Å². The Morgan fingerprint density at radius 3 is 2.52 bits per heavy atom. The molecule has 0 unspecified atom stereocenters. The second-order valence-corrected chi connectivity index (χ2v) is 6.73. The van der Waals surface area contributed by atoms with Gasteiger partial charge in [0.15, 0.2) is 6.29 Å². The molecule has 1 aromatic heterocycles. The van der Waals surface area contributed by atoms with Crippen LogP contribution in [0.3, 0.4) is 0 Å². The maximum absolute atomic E-state index is 6.10. The predicted molar refractivity (Wildman–Crippen MR) is 105 cm³/mol. The number of nitrogens with zero attached hydrogens (tertiary/aromatic N) is 1. The summed E-state index contributed by atoms with van der Waals surface area (Å²) in [6.45, 7) is 5.81. The molecule has 4 heteroatoms. The van der Waals surface area contributed by atoms with Gasteiger partial charge in [-0.05, 0) is 60.4 Å². The first-order valence-electron chi connectivity index (χ1n) is 9.18. The van der Waals surface area contributed by atoms with Crippen LogP contribution >= 0.6 is 0 Å². The third kappa shape index (κ3) is 4.02. The fourth-order valence-corrected chi connectivity index (χ4v) is 3.27. The number of aromatic nitrogens is 1. The lowest BCUT2D eigenvalue weighted by atomic mass is 9.98. The molecule has 27 heavy (non-hydrogen) atoms. The van der Waals surface area contributed by atoms with E-state index in [-0.39, 0.29) is 6.29 Å². The van der Waals surface area contributed by atoms with E-state index in [1.54, 1.807) is 6.20 Å². The van der Waals surface area contributed by atoms with E-state index in [9.17, 15) is 0 Å². The molecular formula is C23H23NO3. The van der Waals surface area contributed by atoms with Crippen LogP contribution in [-0.2, 0) is 16.1 Å². The van der Waals surface area contributed by atoms with Gasteiger partial charge in [0.05, 0.1) is 18.9 Å². The Morgan fingerprint density at radius 1 is 0.963 bits per heavy atom. The number of ether oxygens (including phenoxy) is 3. The molecular weight excluding hydrogens is 338 g/mol. The van der Waals surface area contributed by atoms with Gasteiger partial charge in [-0.25, -0.2) is 0 Å². The number of hydrogen-bond acceptors (Lipinski definition) is 4. The molecule has 0 saturated carbocycles.